The zero-order valence-corrected chi connectivity index (χ0v) is 15.9. The fourth-order valence-corrected chi connectivity index (χ4v) is 3.26. The molecule has 1 aliphatic heterocycles. The van der Waals surface area contributed by atoms with Crippen LogP contribution in [0.2, 0.25) is 0 Å². The number of aromatic nitrogens is 1. The highest BCUT2D eigenvalue weighted by Gasteiger charge is 2.18. The van der Waals surface area contributed by atoms with Gasteiger partial charge in [0.15, 0.2) is 0 Å². The maximum absolute atomic E-state index is 12.6. The number of hydrogen-bond acceptors (Lipinski definition) is 5. The highest BCUT2D eigenvalue weighted by molar-refractivity contribution is 5.96. The van der Waals surface area contributed by atoms with Crippen molar-refractivity contribution in [3.8, 4) is 11.1 Å². The number of piperazine rings is 1. The minimum absolute atomic E-state index is 0.0437. The van der Waals surface area contributed by atoms with Crippen LogP contribution in [0.5, 0.6) is 0 Å². The summed E-state index contributed by atoms with van der Waals surface area (Å²) in [5.74, 6) is 0.510. The molecule has 0 atom stereocenters. The number of pyridine rings is 1. The molecule has 29 heavy (non-hydrogen) atoms. The Hall–Kier alpha value is -3.45. The molecule has 0 bridgehead atoms. The van der Waals surface area contributed by atoms with Gasteiger partial charge in [-0.3, -0.25) is 14.6 Å². The van der Waals surface area contributed by atoms with Crippen LogP contribution in [0.4, 0.5) is 0 Å². The van der Waals surface area contributed by atoms with Crippen LogP contribution in [0, 0.1) is 0 Å². The summed E-state index contributed by atoms with van der Waals surface area (Å²) in [5, 5.41) is 6.06. The first kappa shape index (κ1) is 18.9. The lowest BCUT2D eigenvalue weighted by atomic mass is 10.0. The first-order valence-electron chi connectivity index (χ1n) is 9.57. The molecule has 7 heteroatoms. The number of nitrogens with one attached hydrogen (secondary N) is 2. The fourth-order valence-electron chi connectivity index (χ4n) is 3.26. The molecule has 2 N–H and O–H groups in total. The molecular formula is C22H22N4O3. The van der Waals surface area contributed by atoms with Gasteiger partial charge in [0.25, 0.3) is 11.8 Å². The van der Waals surface area contributed by atoms with Crippen LogP contribution >= 0.6 is 0 Å². The third-order valence-corrected chi connectivity index (χ3v) is 4.87. The molecule has 2 amide bonds. The Morgan fingerprint density at radius 1 is 1.03 bits per heavy atom. The number of furan rings is 1. The molecule has 2 aromatic heterocycles. The van der Waals surface area contributed by atoms with E-state index in [0.29, 0.717) is 23.4 Å². The number of carbonyl (C=O) groups is 2. The maximum Gasteiger partial charge on any atom is 0.253 e. The zero-order chi connectivity index (χ0) is 20.1. The van der Waals surface area contributed by atoms with Gasteiger partial charge in [0.05, 0.1) is 18.4 Å². The van der Waals surface area contributed by atoms with Gasteiger partial charge in [0.1, 0.15) is 5.76 Å². The van der Waals surface area contributed by atoms with Crippen LogP contribution in [0.15, 0.2) is 65.5 Å². The van der Waals surface area contributed by atoms with Crippen molar-refractivity contribution in [1.29, 1.82) is 0 Å². The molecule has 0 saturated carbocycles. The van der Waals surface area contributed by atoms with Gasteiger partial charge in [-0.1, -0.05) is 12.1 Å². The molecule has 1 saturated heterocycles. The van der Waals surface area contributed by atoms with Crippen molar-refractivity contribution in [2.45, 2.75) is 6.54 Å². The van der Waals surface area contributed by atoms with Gasteiger partial charge in [0, 0.05) is 49.7 Å². The Morgan fingerprint density at radius 2 is 1.83 bits per heavy atom. The van der Waals surface area contributed by atoms with E-state index in [2.05, 4.69) is 15.6 Å². The van der Waals surface area contributed by atoms with Gasteiger partial charge < -0.3 is 20.0 Å². The van der Waals surface area contributed by atoms with Crippen molar-refractivity contribution in [3.05, 3.63) is 78.0 Å². The first-order chi connectivity index (χ1) is 14.2. The number of amides is 2. The summed E-state index contributed by atoms with van der Waals surface area (Å²) in [6, 6.07) is 12.8. The number of benzene rings is 1. The highest BCUT2D eigenvalue weighted by Crippen LogP contribution is 2.21. The standard InChI is InChI=1S/C22H22N4O3/c27-21(25-15-20-2-1-11-29-20)19-12-18(13-24-14-19)16-3-5-17(6-4-16)22(28)26-9-7-23-8-10-26/h1-6,11-14,23H,7-10,15H2,(H,25,27). The Balaban J connectivity index is 1.44. The maximum atomic E-state index is 12.6. The van der Waals surface area contributed by atoms with Crippen molar-refractivity contribution in [2.24, 2.45) is 0 Å². The van der Waals surface area contributed by atoms with Crippen molar-refractivity contribution in [2.75, 3.05) is 26.2 Å². The SMILES string of the molecule is O=C(NCc1ccco1)c1cncc(-c2ccc(C(=O)N3CCNCC3)cc2)c1. The van der Waals surface area contributed by atoms with Crippen LogP contribution in [-0.4, -0.2) is 47.9 Å². The second-order valence-electron chi connectivity index (χ2n) is 6.84. The Kier molecular flexibility index (Phi) is 5.67. The molecule has 0 radical (unpaired) electrons. The van der Waals surface area contributed by atoms with Crippen molar-refractivity contribution in [3.63, 3.8) is 0 Å². The number of nitrogens with zero attached hydrogens (tertiary/aromatic N) is 2. The van der Waals surface area contributed by atoms with E-state index in [9.17, 15) is 9.59 Å². The largest absolute Gasteiger partial charge is 0.467 e. The molecule has 1 aliphatic rings. The fraction of sp³-hybridized carbons (Fsp3) is 0.227. The number of hydrogen-bond donors (Lipinski definition) is 2. The molecule has 1 aromatic carbocycles. The second-order valence-corrected chi connectivity index (χ2v) is 6.84. The third kappa shape index (κ3) is 4.52. The molecular weight excluding hydrogens is 368 g/mol. The average Bonchev–Trinajstić information content (AvgIpc) is 3.31. The van der Waals surface area contributed by atoms with Crippen LogP contribution in [0.25, 0.3) is 11.1 Å². The molecule has 148 valence electrons. The predicted octanol–water partition coefficient (Wildman–Crippen LogP) is 2.32. The smallest absolute Gasteiger partial charge is 0.253 e. The van der Waals surface area contributed by atoms with E-state index in [1.54, 1.807) is 30.7 Å². The normalized spacial score (nSPS) is 13.9. The summed E-state index contributed by atoms with van der Waals surface area (Å²) in [4.78, 5) is 31.0. The summed E-state index contributed by atoms with van der Waals surface area (Å²) in [7, 11) is 0. The third-order valence-electron chi connectivity index (χ3n) is 4.87. The topological polar surface area (TPSA) is 87.5 Å². The van der Waals surface area contributed by atoms with Crippen molar-refractivity contribution < 1.29 is 14.0 Å². The Morgan fingerprint density at radius 3 is 2.55 bits per heavy atom. The number of carbonyl (C=O) groups excluding carboxylic acids is 2. The minimum Gasteiger partial charge on any atom is -0.467 e. The highest BCUT2D eigenvalue weighted by atomic mass is 16.3. The number of rotatable bonds is 5. The molecule has 3 aromatic rings. The van der Waals surface area contributed by atoms with Gasteiger partial charge in [-0.2, -0.15) is 0 Å². The first-order valence-corrected chi connectivity index (χ1v) is 9.57. The van der Waals surface area contributed by atoms with Gasteiger partial charge >= 0.3 is 0 Å². The van der Waals surface area contributed by atoms with Crippen LogP contribution in [-0.2, 0) is 6.54 Å². The van der Waals surface area contributed by atoms with Crippen LogP contribution in [0.1, 0.15) is 26.5 Å². The monoisotopic (exact) mass is 390 g/mol. The van der Waals surface area contributed by atoms with Crippen LogP contribution in [0.3, 0.4) is 0 Å². The molecule has 0 spiro atoms. The molecule has 7 nitrogen and oxygen atoms in total. The van der Waals surface area contributed by atoms with Crippen molar-refractivity contribution >= 4 is 11.8 Å². The van der Waals surface area contributed by atoms with Gasteiger partial charge in [-0.25, -0.2) is 0 Å². The molecule has 0 unspecified atom stereocenters. The van der Waals surface area contributed by atoms with Gasteiger partial charge in [-0.05, 0) is 35.9 Å². The van der Waals surface area contributed by atoms with E-state index >= 15 is 0 Å². The average molecular weight is 390 g/mol. The lowest BCUT2D eigenvalue weighted by Crippen LogP contribution is -2.46. The molecule has 1 fully saturated rings. The Bertz CT molecular complexity index is 978. The van der Waals surface area contributed by atoms with Crippen molar-refractivity contribution in [1.82, 2.24) is 20.5 Å². The quantitative estimate of drug-likeness (QED) is 0.698. The van der Waals surface area contributed by atoms with Gasteiger partial charge in [-0.15, -0.1) is 0 Å². The van der Waals surface area contributed by atoms with E-state index in [4.69, 9.17) is 4.42 Å². The lowest BCUT2D eigenvalue weighted by Gasteiger charge is -2.27. The van der Waals surface area contributed by atoms with Gasteiger partial charge in [0.2, 0.25) is 0 Å². The van der Waals surface area contributed by atoms with E-state index < -0.39 is 0 Å². The minimum atomic E-state index is -0.221. The molecule has 4 rings (SSSR count). The molecule has 0 aliphatic carbocycles. The lowest BCUT2D eigenvalue weighted by molar-refractivity contribution is 0.0735. The summed E-state index contributed by atoms with van der Waals surface area (Å²) in [5.41, 5.74) is 2.85. The summed E-state index contributed by atoms with van der Waals surface area (Å²) in [6.45, 7) is 3.41. The van der Waals surface area contributed by atoms with E-state index in [0.717, 1.165) is 37.3 Å². The summed E-state index contributed by atoms with van der Waals surface area (Å²) < 4.78 is 5.22. The Labute approximate surface area is 168 Å². The van der Waals surface area contributed by atoms with Crippen LogP contribution < -0.4 is 10.6 Å². The summed E-state index contributed by atoms with van der Waals surface area (Å²) in [6.07, 6.45) is 4.81. The molecule has 3 heterocycles. The van der Waals surface area contributed by atoms with E-state index in [1.165, 1.54) is 6.20 Å². The van der Waals surface area contributed by atoms with E-state index in [1.807, 2.05) is 29.2 Å². The second kappa shape index (κ2) is 8.70. The summed E-state index contributed by atoms with van der Waals surface area (Å²) >= 11 is 0. The van der Waals surface area contributed by atoms with E-state index in [-0.39, 0.29) is 11.8 Å². The zero-order valence-electron chi connectivity index (χ0n) is 15.9. The predicted molar refractivity (Wildman–Crippen MR) is 108 cm³/mol.